The molecule has 0 aliphatic carbocycles. The maximum absolute atomic E-state index is 13.7. The van der Waals surface area contributed by atoms with Crippen LogP contribution in [0.3, 0.4) is 0 Å². The number of hydrogen-bond donors (Lipinski definition) is 4. The third-order valence-corrected chi connectivity index (χ3v) is 6.10. The molecule has 1 aliphatic rings. The van der Waals surface area contributed by atoms with Crippen LogP contribution in [0.25, 0.3) is 0 Å². The van der Waals surface area contributed by atoms with Gasteiger partial charge in [-0.3, -0.25) is 14.9 Å². The van der Waals surface area contributed by atoms with E-state index in [1.807, 2.05) is 6.92 Å². The summed E-state index contributed by atoms with van der Waals surface area (Å²) in [5.74, 6) is -1.28. The van der Waals surface area contributed by atoms with Gasteiger partial charge in [0, 0.05) is 17.9 Å². The fourth-order valence-corrected chi connectivity index (χ4v) is 4.40. The molecule has 1 saturated heterocycles. The van der Waals surface area contributed by atoms with Crippen LogP contribution in [0.2, 0.25) is 0 Å². The monoisotopic (exact) mass is 422 g/mol. The molecule has 0 spiro atoms. The lowest BCUT2D eigenvalue weighted by atomic mass is 10.1. The van der Waals surface area contributed by atoms with Crippen molar-refractivity contribution in [2.24, 2.45) is 5.92 Å². The molecular formula is C19H23FN4O4S. The zero-order chi connectivity index (χ0) is 21.0. The Hall–Kier alpha value is -2.69. The van der Waals surface area contributed by atoms with Crippen LogP contribution in [0.4, 0.5) is 15.8 Å². The highest BCUT2D eigenvalue weighted by molar-refractivity contribution is 7.93. The number of carbonyl (C=O) groups is 1. The maximum atomic E-state index is 13.7. The summed E-state index contributed by atoms with van der Waals surface area (Å²) in [6.45, 7) is 4.08. The van der Waals surface area contributed by atoms with E-state index in [0.29, 0.717) is 23.6 Å². The zero-order valence-corrected chi connectivity index (χ0v) is 16.8. The molecule has 1 fully saturated rings. The normalized spacial score (nSPS) is 19.0. The first-order chi connectivity index (χ1) is 13.8. The second-order valence-corrected chi connectivity index (χ2v) is 8.41. The minimum atomic E-state index is -3.94. The average Bonchev–Trinajstić information content (AvgIpc) is 3.17. The summed E-state index contributed by atoms with van der Waals surface area (Å²) in [7, 11) is -3.94. The largest absolute Gasteiger partial charge is 0.494 e. The number of benzene rings is 2. The Morgan fingerprint density at radius 3 is 2.55 bits per heavy atom. The molecule has 0 saturated carbocycles. The van der Waals surface area contributed by atoms with Gasteiger partial charge in [0.25, 0.3) is 10.0 Å². The van der Waals surface area contributed by atoms with Crippen LogP contribution in [0.1, 0.15) is 12.5 Å². The summed E-state index contributed by atoms with van der Waals surface area (Å²) in [5.41, 5.74) is 6.39. The molecule has 10 heteroatoms. The first-order valence-electron chi connectivity index (χ1n) is 9.10. The molecule has 0 radical (unpaired) electrons. The van der Waals surface area contributed by atoms with Gasteiger partial charge in [-0.05, 0) is 55.8 Å². The summed E-state index contributed by atoms with van der Waals surface area (Å²) in [6.07, 6.45) is 0. The van der Waals surface area contributed by atoms with Crippen molar-refractivity contribution in [1.82, 2.24) is 10.9 Å². The molecule has 0 aromatic heterocycles. The molecule has 156 valence electrons. The number of rotatable bonds is 7. The third-order valence-electron chi connectivity index (χ3n) is 4.47. The summed E-state index contributed by atoms with van der Waals surface area (Å²) in [6, 6.07) is 10.8. The van der Waals surface area contributed by atoms with E-state index in [2.05, 4.69) is 20.9 Å². The van der Waals surface area contributed by atoms with Gasteiger partial charge in [-0.25, -0.2) is 18.2 Å². The SMILES string of the molecule is CCOc1ccc(NS(=O)(=O)C2NNCC2C(=O)Nc2ccc(C)c(F)c2)cc1. The van der Waals surface area contributed by atoms with Gasteiger partial charge < -0.3 is 10.1 Å². The van der Waals surface area contributed by atoms with E-state index in [1.54, 1.807) is 37.3 Å². The number of carbonyl (C=O) groups excluding carboxylic acids is 1. The molecule has 2 aromatic rings. The number of ether oxygens (including phenoxy) is 1. The van der Waals surface area contributed by atoms with E-state index in [0.717, 1.165) is 0 Å². The van der Waals surface area contributed by atoms with Crippen LogP contribution < -0.4 is 25.6 Å². The van der Waals surface area contributed by atoms with Gasteiger partial charge in [-0.15, -0.1) is 0 Å². The first kappa shape index (κ1) is 21.0. The lowest BCUT2D eigenvalue weighted by molar-refractivity contribution is -0.119. The molecule has 2 aromatic carbocycles. The number of anilines is 2. The van der Waals surface area contributed by atoms with E-state index in [1.165, 1.54) is 12.1 Å². The fraction of sp³-hybridized carbons (Fsp3) is 0.316. The Labute approximate surface area is 168 Å². The quantitative estimate of drug-likeness (QED) is 0.543. The van der Waals surface area contributed by atoms with Gasteiger partial charge >= 0.3 is 0 Å². The molecule has 8 nitrogen and oxygen atoms in total. The third kappa shape index (κ3) is 5.03. The van der Waals surface area contributed by atoms with E-state index in [9.17, 15) is 17.6 Å². The first-order valence-corrected chi connectivity index (χ1v) is 10.6. The number of halogens is 1. The summed E-state index contributed by atoms with van der Waals surface area (Å²) >= 11 is 0. The number of hydrogen-bond acceptors (Lipinski definition) is 6. The predicted octanol–water partition coefficient (Wildman–Crippen LogP) is 1.96. The molecule has 1 amide bonds. The van der Waals surface area contributed by atoms with Crippen molar-refractivity contribution >= 4 is 27.3 Å². The van der Waals surface area contributed by atoms with E-state index in [-0.39, 0.29) is 12.2 Å². The minimum Gasteiger partial charge on any atom is -0.494 e. The van der Waals surface area contributed by atoms with Crippen molar-refractivity contribution < 1.29 is 22.3 Å². The van der Waals surface area contributed by atoms with E-state index in [4.69, 9.17) is 4.74 Å². The Kier molecular flexibility index (Phi) is 6.36. The van der Waals surface area contributed by atoms with Gasteiger partial charge in [0.2, 0.25) is 5.91 Å². The van der Waals surface area contributed by atoms with Gasteiger partial charge in [0.1, 0.15) is 11.6 Å². The summed E-state index contributed by atoms with van der Waals surface area (Å²) < 4.78 is 47.1. The smallest absolute Gasteiger partial charge is 0.250 e. The van der Waals surface area contributed by atoms with Crippen molar-refractivity contribution in [3.05, 3.63) is 53.8 Å². The van der Waals surface area contributed by atoms with Crippen molar-refractivity contribution in [2.75, 3.05) is 23.2 Å². The van der Waals surface area contributed by atoms with Gasteiger partial charge in [0.05, 0.1) is 12.5 Å². The van der Waals surface area contributed by atoms with E-state index < -0.39 is 33.0 Å². The molecule has 1 aliphatic heterocycles. The van der Waals surface area contributed by atoms with Gasteiger partial charge in [0.15, 0.2) is 5.37 Å². The maximum Gasteiger partial charge on any atom is 0.250 e. The summed E-state index contributed by atoms with van der Waals surface area (Å²) in [5, 5.41) is 1.37. The standard InChI is InChI=1S/C19H23FN4O4S/c1-3-28-15-8-6-13(7-9-15)24-29(26,27)19-16(11-21-23-19)18(25)22-14-5-4-12(2)17(20)10-14/h4-10,16,19,21,23-24H,3,11H2,1-2H3,(H,22,25). The van der Waals surface area contributed by atoms with Crippen molar-refractivity contribution in [3.8, 4) is 5.75 Å². The highest BCUT2D eigenvalue weighted by Crippen LogP contribution is 2.22. The van der Waals surface area contributed by atoms with Crippen LogP contribution >= 0.6 is 0 Å². The molecule has 4 N–H and O–H groups in total. The van der Waals surface area contributed by atoms with Crippen molar-refractivity contribution in [1.29, 1.82) is 0 Å². The predicted molar refractivity (Wildman–Crippen MR) is 108 cm³/mol. The highest BCUT2D eigenvalue weighted by atomic mass is 32.2. The second-order valence-electron chi connectivity index (χ2n) is 6.61. The average molecular weight is 422 g/mol. The van der Waals surface area contributed by atoms with Gasteiger partial charge in [-0.2, -0.15) is 0 Å². The van der Waals surface area contributed by atoms with Crippen molar-refractivity contribution in [3.63, 3.8) is 0 Å². The van der Waals surface area contributed by atoms with Crippen LogP contribution in [0, 0.1) is 18.7 Å². The van der Waals surface area contributed by atoms with Crippen molar-refractivity contribution in [2.45, 2.75) is 19.2 Å². The number of hydrazine groups is 1. The molecule has 29 heavy (non-hydrogen) atoms. The lowest BCUT2D eigenvalue weighted by Crippen LogP contribution is -2.45. The van der Waals surface area contributed by atoms with Crippen LogP contribution in [0.15, 0.2) is 42.5 Å². The fourth-order valence-electron chi connectivity index (χ4n) is 2.92. The number of aryl methyl sites for hydroxylation is 1. The lowest BCUT2D eigenvalue weighted by Gasteiger charge is -2.19. The number of sulfonamides is 1. The topological polar surface area (TPSA) is 109 Å². The molecule has 3 rings (SSSR count). The Balaban J connectivity index is 1.70. The molecule has 2 unspecified atom stereocenters. The Morgan fingerprint density at radius 1 is 1.21 bits per heavy atom. The number of amides is 1. The van der Waals surface area contributed by atoms with Crippen LogP contribution in [0.5, 0.6) is 5.75 Å². The highest BCUT2D eigenvalue weighted by Gasteiger charge is 2.42. The van der Waals surface area contributed by atoms with Gasteiger partial charge in [-0.1, -0.05) is 6.07 Å². The molecule has 1 heterocycles. The zero-order valence-electron chi connectivity index (χ0n) is 16.0. The second kappa shape index (κ2) is 8.76. The van der Waals surface area contributed by atoms with E-state index >= 15 is 0 Å². The molecule has 0 bridgehead atoms. The van der Waals surface area contributed by atoms with Crippen LogP contribution in [-0.4, -0.2) is 32.9 Å². The Bertz CT molecular complexity index is 982. The van der Waals surface area contributed by atoms with Crippen LogP contribution in [-0.2, 0) is 14.8 Å². The molecule has 2 atom stereocenters. The minimum absolute atomic E-state index is 0.106. The Morgan fingerprint density at radius 2 is 1.90 bits per heavy atom. The summed E-state index contributed by atoms with van der Waals surface area (Å²) in [4.78, 5) is 12.6. The molecular weight excluding hydrogens is 399 g/mol. The number of nitrogens with one attached hydrogen (secondary N) is 4.